The second-order valence-corrected chi connectivity index (χ2v) is 4.24. The van der Waals surface area contributed by atoms with Gasteiger partial charge in [-0.3, -0.25) is 0 Å². The highest BCUT2D eigenvalue weighted by atomic mass is 19.4. The molecule has 3 nitrogen and oxygen atoms in total. The average Bonchev–Trinajstić information content (AvgIpc) is 2.88. The number of ether oxygens (including phenoxy) is 1. The van der Waals surface area contributed by atoms with Gasteiger partial charge in [0.25, 0.3) is 0 Å². The Morgan fingerprint density at radius 2 is 1.90 bits per heavy atom. The van der Waals surface area contributed by atoms with E-state index in [9.17, 15) is 18.3 Å². The van der Waals surface area contributed by atoms with E-state index in [1.54, 1.807) is 12.1 Å². The van der Waals surface area contributed by atoms with E-state index in [0.717, 1.165) is 6.07 Å². The molecule has 0 aliphatic rings. The topological polar surface area (TPSA) is 42.6 Å². The molecule has 0 aliphatic carbocycles. The fourth-order valence-corrected chi connectivity index (χ4v) is 1.73. The Labute approximate surface area is 113 Å². The second-order valence-electron chi connectivity index (χ2n) is 4.24. The molecular formula is C14H13F3O3. The van der Waals surface area contributed by atoms with Crippen LogP contribution in [0, 0.1) is 0 Å². The molecule has 0 saturated carbocycles. The number of halogens is 3. The number of para-hydroxylation sites is 1. The van der Waals surface area contributed by atoms with Crippen molar-refractivity contribution in [2.75, 3.05) is 6.61 Å². The van der Waals surface area contributed by atoms with Crippen LogP contribution in [-0.4, -0.2) is 17.8 Å². The maximum absolute atomic E-state index is 12.7. The van der Waals surface area contributed by atoms with Crippen molar-refractivity contribution in [1.82, 2.24) is 0 Å². The summed E-state index contributed by atoms with van der Waals surface area (Å²) in [6.07, 6.45) is -3.78. The Bertz CT molecular complexity index is 535. The van der Waals surface area contributed by atoms with E-state index in [4.69, 9.17) is 9.15 Å². The number of rotatable bonds is 5. The van der Waals surface area contributed by atoms with Crippen LogP contribution in [0.15, 0.2) is 47.1 Å². The highest BCUT2D eigenvalue weighted by molar-refractivity contribution is 5.35. The van der Waals surface area contributed by atoms with E-state index < -0.39 is 17.8 Å². The van der Waals surface area contributed by atoms with E-state index in [-0.39, 0.29) is 18.8 Å². The molecule has 20 heavy (non-hydrogen) atoms. The predicted octanol–water partition coefficient (Wildman–Crippen LogP) is 3.28. The van der Waals surface area contributed by atoms with Gasteiger partial charge in [0.05, 0.1) is 17.9 Å². The molecule has 0 radical (unpaired) electrons. The summed E-state index contributed by atoms with van der Waals surface area (Å²) < 4.78 is 48.3. The van der Waals surface area contributed by atoms with Crippen molar-refractivity contribution < 1.29 is 27.4 Å². The Hall–Kier alpha value is -1.95. The molecule has 0 aliphatic heterocycles. The van der Waals surface area contributed by atoms with Crippen molar-refractivity contribution in [3.8, 4) is 5.75 Å². The molecule has 0 spiro atoms. The summed E-state index contributed by atoms with van der Waals surface area (Å²) >= 11 is 0. The summed E-state index contributed by atoms with van der Waals surface area (Å²) in [6, 6.07) is 8.24. The quantitative estimate of drug-likeness (QED) is 0.917. The molecule has 1 unspecified atom stereocenters. The average molecular weight is 286 g/mol. The van der Waals surface area contributed by atoms with Crippen LogP contribution in [0.25, 0.3) is 0 Å². The smallest absolute Gasteiger partial charge is 0.419 e. The fraction of sp³-hybridized carbons (Fsp3) is 0.286. The lowest BCUT2D eigenvalue weighted by atomic mass is 10.2. The summed E-state index contributed by atoms with van der Waals surface area (Å²) in [6.45, 7) is -0.242. The van der Waals surface area contributed by atoms with Crippen molar-refractivity contribution >= 4 is 0 Å². The Morgan fingerprint density at radius 3 is 2.55 bits per heavy atom. The monoisotopic (exact) mass is 286 g/mol. The highest BCUT2D eigenvalue weighted by Crippen LogP contribution is 2.35. The molecule has 1 N–H and O–H groups in total. The molecule has 0 bridgehead atoms. The van der Waals surface area contributed by atoms with Gasteiger partial charge in [-0.2, -0.15) is 13.2 Å². The van der Waals surface area contributed by atoms with Crippen molar-refractivity contribution in [1.29, 1.82) is 0 Å². The minimum absolute atomic E-state index is 0.182. The van der Waals surface area contributed by atoms with Gasteiger partial charge in [0, 0.05) is 6.42 Å². The maximum Gasteiger partial charge on any atom is 0.419 e. The third kappa shape index (κ3) is 3.77. The molecule has 2 rings (SSSR count). The van der Waals surface area contributed by atoms with Gasteiger partial charge in [-0.15, -0.1) is 0 Å². The number of aliphatic hydroxyl groups excluding tert-OH is 1. The van der Waals surface area contributed by atoms with E-state index >= 15 is 0 Å². The maximum atomic E-state index is 12.7. The summed E-state index contributed by atoms with van der Waals surface area (Å²) in [5.74, 6) is 0.253. The first-order valence-electron chi connectivity index (χ1n) is 5.96. The van der Waals surface area contributed by atoms with Gasteiger partial charge in [0.15, 0.2) is 0 Å². The molecule has 0 amide bonds. The lowest BCUT2D eigenvalue weighted by Gasteiger charge is -2.15. The van der Waals surface area contributed by atoms with Crippen LogP contribution in [-0.2, 0) is 12.6 Å². The van der Waals surface area contributed by atoms with E-state index in [0.29, 0.717) is 5.76 Å². The molecule has 6 heteroatoms. The first-order chi connectivity index (χ1) is 9.47. The minimum atomic E-state index is -4.48. The van der Waals surface area contributed by atoms with Gasteiger partial charge in [-0.1, -0.05) is 12.1 Å². The van der Waals surface area contributed by atoms with E-state index in [1.165, 1.54) is 24.5 Å². The van der Waals surface area contributed by atoms with Gasteiger partial charge in [0.2, 0.25) is 0 Å². The molecular weight excluding hydrogens is 273 g/mol. The molecule has 1 atom stereocenters. The van der Waals surface area contributed by atoms with Gasteiger partial charge < -0.3 is 14.3 Å². The van der Waals surface area contributed by atoms with Gasteiger partial charge >= 0.3 is 6.18 Å². The number of hydrogen-bond acceptors (Lipinski definition) is 3. The normalized spacial score (nSPS) is 13.2. The lowest BCUT2D eigenvalue weighted by Crippen LogP contribution is -2.21. The van der Waals surface area contributed by atoms with Crippen molar-refractivity contribution in [3.05, 3.63) is 54.0 Å². The summed E-state index contributed by atoms with van der Waals surface area (Å²) in [5, 5.41) is 9.71. The Morgan fingerprint density at radius 1 is 1.15 bits per heavy atom. The van der Waals surface area contributed by atoms with Crippen LogP contribution >= 0.6 is 0 Å². The van der Waals surface area contributed by atoms with Crippen LogP contribution in [0.3, 0.4) is 0 Å². The van der Waals surface area contributed by atoms with E-state index in [1.807, 2.05) is 0 Å². The van der Waals surface area contributed by atoms with Crippen molar-refractivity contribution in [2.24, 2.45) is 0 Å². The Kier molecular flexibility index (Phi) is 4.34. The summed E-state index contributed by atoms with van der Waals surface area (Å²) in [5.41, 5.74) is -0.856. The number of hydrogen-bond donors (Lipinski definition) is 1. The number of alkyl halides is 3. The van der Waals surface area contributed by atoms with Gasteiger partial charge in [-0.05, 0) is 24.3 Å². The van der Waals surface area contributed by atoms with Gasteiger partial charge in [0.1, 0.15) is 18.1 Å². The Balaban J connectivity index is 1.97. The molecule has 1 aromatic carbocycles. The molecule has 108 valence electrons. The van der Waals surface area contributed by atoms with Crippen LogP contribution in [0.4, 0.5) is 13.2 Å². The molecule has 0 fully saturated rings. The summed E-state index contributed by atoms with van der Waals surface area (Å²) in [4.78, 5) is 0. The van der Waals surface area contributed by atoms with E-state index in [2.05, 4.69) is 0 Å². The standard InChI is InChI=1S/C14H13F3O3/c15-14(16,17)12-5-1-2-6-13(12)20-9-10(18)8-11-4-3-7-19-11/h1-7,10,18H,8-9H2. The third-order valence-electron chi connectivity index (χ3n) is 2.64. The zero-order chi connectivity index (χ0) is 14.6. The van der Waals surface area contributed by atoms with Crippen LogP contribution in [0.5, 0.6) is 5.75 Å². The SMILES string of the molecule is OC(COc1ccccc1C(F)(F)F)Cc1ccco1. The zero-order valence-corrected chi connectivity index (χ0v) is 10.4. The molecule has 0 saturated heterocycles. The third-order valence-corrected chi connectivity index (χ3v) is 2.64. The van der Waals surface area contributed by atoms with Crippen LogP contribution < -0.4 is 4.74 Å². The van der Waals surface area contributed by atoms with Crippen LogP contribution in [0.1, 0.15) is 11.3 Å². The van der Waals surface area contributed by atoms with Crippen molar-refractivity contribution in [2.45, 2.75) is 18.7 Å². The zero-order valence-electron chi connectivity index (χ0n) is 10.4. The summed E-state index contributed by atoms with van der Waals surface area (Å²) in [7, 11) is 0. The largest absolute Gasteiger partial charge is 0.490 e. The van der Waals surface area contributed by atoms with Gasteiger partial charge in [-0.25, -0.2) is 0 Å². The molecule has 1 aromatic heterocycles. The molecule has 2 aromatic rings. The predicted molar refractivity (Wildman–Crippen MR) is 65.4 cm³/mol. The van der Waals surface area contributed by atoms with Crippen LogP contribution in [0.2, 0.25) is 0 Å². The second kappa shape index (κ2) is 6.00. The number of furan rings is 1. The first kappa shape index (κ1) is 14.5. The number of aliphatic hydroxyl groups is 1. The first-order valence-corrected chi connectivity index (χ1v) is 5.96. The van der Waals surface area contributed by atoms with Crippen molar-refractivity contribution in [3.63, 3.8) is 0 Å². The minimum Gasteiger partial charge on any atom is -0.490 e. The molecule has 1 heterocycles. The number of benzene rings is 1. The fourth-order valence-electron chi connectivity index (χ4n) is 1.73. The highest BCUT2D eigenvalue weighted by Gasteiger charge is 2.34. The lowest BCUT2D eigenvalue weighted by molar-refractivity contribution is -0.139.